The molecule has 0 aromatic heterocycles. The molecule has 5 nitrogen and oxygen atoms in total. The Balaban J connectivity index is 1.98. The van der Waals surface area contributed by atoms with Gasteiger partial charge >= 0.3 is 0 Å². The molecule has 0 spiro atoms. The average molecular weight is 315 g/mol. The van der Waals surface area contributed by atoms with E-state index in [4.69, 9.17) is 0 Å². The molecule has 0 unspecified atom stereocenters. The molecule has 2 amide bonds. The molecule has 1 heterocycles. The smallest absolute Gasteiger partial charge is 0.223 e. The second-order valence-corrected chi connectivity index (χ2v) is 5.72. The van der Waals surface area contributed by atoms with E-state index in [0.29, 0.717) is 13.1 Å². The summed E-state index contributed by atoms with van der Waals surface area (Å²) in [4.78, 5) is 27.6. The molecule has 1 N–H and O–H groups in total. The Kier molecular flexibility index (Phi) is 6.20. The van der Waals surface area contributed by atoms with Crippen LogP contribution in [0.2, 0.25) is 0 Å². The molecule has 1 aliphatic rings. The highest BCUT2D eigenvalue weighted by Gasteiger charge is 2.15. The minimum atomic E-state index is -0.0789. The van der Waals surface area contributed by atoms with E-state index in [-0.39, 0.29) is 18.2 Å². The van der Waals surface area contributed by atoms with E-state index in [2.05, 4.69) is 16.8 Å². The predicted octanol–water partition coefficient (Wildman–Crippen LogP) is 2.33. The highest BCUT2D eigenvalue weighted by atomic mass is 16.2. The van der Waals surface area contributed by atoms with Gasteiger partial charge < -0.3 is 15.1 Å². The molecular weight excluding hydrogens is 290 g/mol. The molecule has 1 aromatic rings. The zero-order chi connectivity index (χ0) is 16.7. The van der Waals surface area contributed by atoms with Crippen LogP contribution in [0.25, 0.3) is 0 Å². The van der Waals surface area contributed by atoms with Crippen molar-refractivity contribution >= 4 is 23.2 Å². The van der Waals surface area contributed by atoms with Crippen molar-refractivity contribution in [3.63, 3.8) is 0 Å². The van der Waals surface area contributed by atoms with Gasteiger partial charge in [0.2, 0.25) is 11.8 Å². The highest BCUT2D eigenvalue weighted by Crippen LogP contribution is 2.24. The van der Waals surface area contributed by atoms with E-state index in [1.807, 2.05) is 24.3 Å². The second-order valence-electron chi connectivity index (χ2n) is 5.72. The third-order valence-corrected chi connectivity index (χ3v) is 4.02. The molecule has 0 bridgehead atoms. The van der Waals surface area contributed by atoms with Gasteiger partial charge in [-0.25, -0.2) is 0 Å². The van der Waals surface area contributed by atoms with Gasteiger partial charge in [0.1, 0.15) is 0 Å². The topological polar surface area (TPSA) is 52.7 Å². The van der Waals surface area contributed by atoms with Crippen molar-refractivity contribution in [3.05, 3.63) is 36.9 Å². The van der Waals surface area contributed by atoms with Gasteiger partial charge in [-0.15, -0.1) is 6.58 Å². The first-order valence-electron chi connectivity index (χ1n) is 8.12. The van der Waals surface area contributed by atoms with Crippen LogP contribution in [-0.2, 0) is 9.59 Å². The molecule has 1 aromatic carbocycles. The number of anilines is 2. The lowest BCUT2D eigenvalue weighted by Gasteiger charge is -2.23. The predicted molar refractivity (Wildman–Crippen MR) is 93.7 cm³/mol. The summed E-state index contributed by atoms with van der Waals surface area (Å²) in [6, 6.07) is 8.01. The fourth-order valence-corrected chi connectivity index (χ4v) is 2.77. The molecule has 2 rings (SSSR count). The van der Waals surface area contributed by atoms with Crippen LogP contribution in [0.15, 0.2) is 36.9 Å². The van der Waals surface area contributed by atoms with Gasteiger partial charge in [0.05, 0.1) is 0 Å². The summed E-state index contributed by atoms with van der Waals surface area (Å²) in [7, 11) is 0. The Bertz CT molecular complexity index is 548. The van der Waals surface area contributed by atoms with E-state index in [0.717, 1.165) is 18.8 Å². The lowest BCUT2D eigenvalue weighted by Crippen LogP contribution is -2.34. The highest BCUT2D eigenvalue weighted by molar-refractivity contribution is 5.92. The van der Waals surface area contributed by atoms with E-state index < -0.39 is 0 Å². The second kappa shape index (κ2) is 8.36. The molecule has 5 heteroatoms. The Morgan fingerprint density at radius 2 is 1.91 bits per heavy atom. The molecule has 124 valence electrons. The number of nitrogens with one attached hydrogen (secondary N) is 1. The number of hydrogen-bond acceptors (Lipinski definition) is 3. The first-order chi connectivity index (χ1) is 11.1. The van der Waals surface area contributed by atoms with Gasteiger partial charge in [-0.2, -0.15) is 0 Å². The maximum absolute atomic E-state index is 11.9. The van der Waals surface area contributed by atoms with Crippen LogP contribution in [0.5, 0.6) is 0 Å². The van der Waals surface area contributed by atoms with E-state index >= 15 is 0 Å². The number of rotatable bonds is 7. The quantitative estimate of drug-likeness (QED) is 0.786. The van der Waals surface area contributed by atoms with E-state index in [9.17, 15) is 9.59 Å². The first-order valence-corrected chi connectivity index (χ1v) is 8.12. The fraction of sp³-hybridized carbons (Fsp3) is 0.444. The van der Waals surface area contributed by atoms with Gasteiger partial charge in [0, 0.05) is 50.9 Å². The van der Waals surface area contributed by atoms with Gasteiger partial charge in [0.15, 0.2) is 0 Å². The molecule has 0 atom stereocenters. The molecule has 1 fully saturated rings. The van der Waals surface area contributed by atoms with Crippen molar-refractivity contribution in [1.29, 1.82) is 0 Å². The van der Waals surface area contributed by atoms with Crippen molar-refractivity contribution < 1.29 is 9.59 Å². The zero-order valence-electron chi connectivity index (χ0n) is 13.8. The van der Waals surface area contributed by atoms with Gasteiger partial charge in [-0.1, -0.05) is 6.08 Å². The Morgan fingerprint density at radius 3 is 2.48 bits per heavy atom. The van der Waals surface area contributed by atoms with Crippen molar-refractivity contribution in [2.45, 2.75) is 26.2 Å². The van der Waals surface area contributed by atoms with Crippen LogP contribution in [0.1, 0.15) is 26.2 Å². The normalized spacial score (nSPS) is 13.7. The molecule has 23 heavy (non-hydrogen) atoms. The molecule has 0 radical (unpaired) electrons. The summed E-state index contributed by atoms with van der Waals surface area (Å²) < 4.78 is 0. The van der Waals surface area contributed by atoms with Crippen LogP contribution in [0.3, 0.4) is 0 Å². The molecule has 1 saturated heterocycles. The largest absolute Gasteiger partial charge is 0.372 e. The Morgan fingerprint density at radius 1 is 1.26 bits per heavy atom. The minimum Gasteiger partial charge on any atom is -0.372 e. The number of carbonyl (C=O) groups excluding carboxylic acids is 2. The van der Waals surface area contributed by atoms with Gasteiger partial charge in [-0.3, -0.25) is 9.59 Å². The molecule has 0 aliphatic carbocycles. The fourth-order valence-electron chi connectivity index (χ4n) is 2.77. The minimum absolute atomic E-state index is 0.0598. The van der Waals surface area contributed by atoms with E-state index in [1.54, 1.807) is 11.0 Å². The van der Waals surface area contributed by atoms with Crippen LogP contribution >= 0.6 is 0 Å². The van der Waals surface area contributed by atoms with Crippen LogP contribution in [0, 0.1) is 0 Å². The maximum atomic E-state index is 11.9. The summed E-state index contributed by atoms with van der Waals surface area (Å²) in [5.74, 6) is -0.139. The SMILES string of the molecule is C=CCNC(=O)CCN(C(C)=O)c1ccc(N2CCCC2)cc1. The lowest BCUT2D eigenvalue weighted by molar-refractivity contribution is -0.120. The third kappa shape index (κ3) is 4.84. The van der Waals surface area contributed by atoms with Crippen LogP contribution in [0.4, 0.5) is 11.4 Å². The average Bonchev–Trinajstić information content (AvgIpc) is 3.08. The standard InChI is InChI=1S/C18H25N3O2/c1-3-11-19-18(23)10-14-21(15(2)22)17-8-6-16(7-9-17)20-12-4-5-13-20/h3,6-9H,1,4-5,10-14H2,2H3,(H,19,23). The van der Waals surface area contributed by atoms with Crippen LogP contribution < -0.4 is 15.1 Å². The molecule has 0 saturated carbocycles. The van der Waals surface area contributed by atoms with Crippen molar-refractivity contribution in [3.8, 4) is 0 Å². The van der Waals surface area contributed by atoms with E-state index in [1.165, 1.54) is 25.5 Å². The number of amides is 2. The van der Waals surface area contributed by atoms with Crippen molar-refractivity contribution in [2.24, 2.45) is 0 Å². The van der Waals surface area contributed by atoms with Crippen LogP contribution in [-0.4, -0.2) is 38.0 Å². The zero-order valence-corrected chi connectivity index (χ0v) is 13.8. The summed E-state index contributed by atoms with van der Waals surface area (Å²) in [5, 5.41) is 2.72. The van der Waals surface area contributed by atoms with Crippen molar-refractivity contribution in [1.82, 2.24) is 5.32 Å². The summed E-state index contributed by atoms with van der Waals surface area (Å²) in [6.45, 7) is 8.10. The molecular formula is C18H25N3O2. The Hall–Kier alpha value is -2.30. The number of benzene rings is 1. The summed E-state index contributed by atoms with van der Waals surface area (Å²) in [5.41, 5.74) is 2.02. The summed E-state index contributed by atoms with van der Waals surface area (Å²) >= 11 is 0. The van der Waals surface area contributed by atoms with Gasteiger partial charge in [-0.05, 0) is 37.1 Å². The van der Waals surface area contributed by atoms with Gasteiger partial charge in [0.25, 0.3) is 0 Å². The number of carbonyl (C=O) groups is 2. The Labute approximate surface area is 138 Å². The van der Waals surface area contributed by atoms with Crippen molar-refractivity contribution in [2.75, 3.05) is 36.0 Å². The number of hydrogen-bond donors (Lipinski definition) is 1. The molecule has 1 aliphatic heterocycles. The monoisotopic (exact) mass is 315 g/mol. The number of nitrogens with zero attached hydrogens (tertiary/aromatic N) is 2. The third-order valence-electron chi connectivity index (χ3n) is 4.02. The first kappa shape index (κ1) is 17.1. The maximum Gasteiger partial charge on any atom is 0.223 e. The summed E-state index contributed by atoms with van der Waals surface area (Å²) in [6.07, 6.45) is 4.39. The lowest BCUT2D eigenvalue weighted by atomic mass is 10.2.